The molecule has 0 saturated carbocycles. The summed E-state index contributed by atoms with van der Waals surface area (Å²) in [4.78, 5) is 25.2. The van der Waals surface area contributed by atoms with E-state index in [2.05, 4.69) is 10.1 Å². The number of para-hydroxylation sites is 1. The molecule has 0 fully saturated rings. The maximum Gasteiger partial charge on any atom is 0.337 e. The number of ether oxygens (including phenoxy) is 1. The molecule has 1 aromatic rings. The van der Waals surface area contributed by atoms with Crippen LogP contribution in [0.3, 0.4) is 0 Å². The van der Waals surface area contributed by atoms with Crippen molar-refractivity contribution in [3.8, 4) is 0 Å². The first-order chi connectivity index (χ1) is 10.1. The maximum absolute atomic E-state index is 13.7. The van der Waals surface area contributed by atoms with Gasteiger partial charge in [0.1, 0.15) is 11.5 Å². The van der Waals surface area contributed by atoms with E-state index in [1.807, 2.05) is 0 Å². The number of amides is 1. The van der Waals surface area contributed by atoms with Crippen LogP contribution in [-0.2, 0) is 14.3 Å². The number of aliphatic hydroxyl groups excluding tert-OH is 1. The minimum Gasteiger partial charge on any atom is -0.466 e. The van der Waals surface area contributed by atoms with Gasteiger partial charge in [0.25, 0.3) is 5.91 Å². The second kappa shape index (κ2) is 6.36. The van der Waals surface area contributed by atoms with Crippen LogP contribution in [0.15, 0.2) is 35.5 Å². The van der Waals surface area contributed by atoms with E-state index in [1.54, 1.807) is 6.07 Å². The SMILES string of the molecule is COC(=O)C1=C(Nc2ccccc2F)C(=O)N(CCO)C1. The second-order valence-electron chi connectivity index (χ2n) is 4.40. The number of anilines is 1. The molecule has 7 heteroatoms. The Morgan fingerprint density at radius 2 is 2.19 bits per heavy atom. The van der Waals surface area contributed by atoms with Gasteiger partial charge in [-0.25, -0.2) is 9.18 Å². The van der Waals surface area contributed by atoms with Gasteiger partial charge in [-0.2, -0.15) is 0 Å². The van der Waals surface area contributed by atoms with Crippen LogP contribution in [0.5, 0.6) is 0 Å². The van der Waals surface area contributed by atoms with Gasteiger partial charge in [-0.05, 0) is 12.1 Å². The lowest BCUT2D eigenvalue weighted by atomic mass is 10.2. The molecular weight excluding hydrogens is 279 g/mol. The fourth-order valence-electron chi connectivity index (χ4n) is 2.05. The predicted octanol–water partition coefficient (Wildman–Crippen LogP) is 0.499. The van der Waals surface area contributed by atoms with Crippen molar-refractivity contribution in [3.05, 3.63) is 41.4 Å². The molecule has 0 radical (unpaired) electrons. The minimum atomic E-state index is -0.664. The topological polar surface area (TPSA) is 78.9 Å². The third-order valence-electron chi connectivity index (χ3n) is 3.09. The van der Waals surface area contributed by atoms with Gasteiger partial charge in [-0.15, -0.1) is 0 Å². The van der Waals surface area contributed by atoms with E-state index in [1.165, 1.54) is 30.2 Å². The molecule has 112 valence electrons. The van der Waals surface area contributed by atoms with Gasteiger partial charge in [-0.1, -0.05) is 12.1 Å². The van der Waals surface area contributed by atoms with Crippen molar-refractivity contribution in [2.24, 2.45) is 0 Å². The summed E-state index contributed by atoms with van der Waals surface area (Å²) in [5.41, 5.74) is 0.174. The Bertz CT molecular complexity index is 600. The number of β-amino-alcohol motifs (C(OH)–C–C–N with tert-alkyl or cyclic N) is 1. The number of hydrogen-bond donors (Lipinski definition) is 2. The summed E-state index contributed by atoms with van der Waals surface area (Å²) in [6.45, 7) is -0.127. The molecule has 2 rings (SSSR count). The highest BCUT2D eigenvalue weighted by Gasteiger charge is 2.34. The van der Waals surface area contributed by atoms with Crippen LogP contribution in [-0.4, -0.2) is 48.7 Å². The summed E-state index contributed by atoms with van der Waals surface area (Å²) in [5.74, 6) is -1.68. The predicted molar refractivity (Wildman–Crippen MR) is 72.7 cm³/mol. The van der Waals surface area contributed by atoms with Crippen LogP contribution < -0.4 is 5.32 Å². The van der Waals surface area contributed by atoms with Crippen molar-refractivity contribution in [1.82, 2.24) is 4.90 Å². The van der Waals surface area contributed by atoms with Crippen molar-refractivity contribution in [1.29, 1.82) is 0 Å². The number of esters is 1. The summed E-state index contributed by atoms with van der Waals surface area (Å²) in [6.07, 6.45) is 0. The van der Waals surface area contributed by atoms with E-state index >= 15 is 0 Å². The molecule has 0 saturated heterocycles. The molecule has 1 amide bonds. The van der Waals surface area contributed by atoms with E-state index in [-0.39, 0.29) is 36.7 Å². The van der Waals surface area contributed by atoms with E-state index in [0.717, 1.165) is 0 Å². The molecule has 0 spiro atoms. The molecule has 21 heavy (non-hydrogen) atoms. The smallest absolute Gasteiger partial charge is 0.337 e. The average Bonchev–Trinajstić information content (AvgIpc) is 2.78. The first kappa shape index (κ1) is 15.0. The van der Waals surface area contributed by atoms with E-state index < -0.39 is 17.7 Å². The highest BCUT2D eigenvalue weighted by atomic mass is 19.1. The zero-order chi connectivity index (χ0) is 15.4. The van der Waals surface area contributed by atoms with Crippen molar-refractivity contribution in [3.63, 3.8) is 0 Å². The molecule has 2 N–H and O–H groups in total. The molecule has 0 atom stereocenters. The van der Waals surface area contributed by atoms with E-state index in [4.69, 9.17) is 5.11 Å². The van der Waals surface area contributed by atoms with Crippen LogP contribution in [0.4, 0.5) is 10.1 Å². The Balaban J connectivity index is 2.33. The Morgan fingerprint density at radius 3 is 2.81 bits per heavy atom. The molecule has 0 aliphatic carbocycles. The number of halogens is 1. The fraction of sp³-hybridized carbons (Fsp3) is 0.286. The number of nitrogens with zero attached hydrogens (tertiary/aromatic N) is 1. The molecule has 6 nitrogen and oxygen atoms in total. The molecule has 0 aromatic heterocycles. The Hall–Kier alpha value is -2.41. The van der Waals surface area contributed by atoms with Gasteiger partial charge in [0.2, 0.25) is 0 Å². The maximum atomic E-state index is 13.7. The number of carbonyl (C=O) groups is 2. The summed E-state index contributed by atoms with van der Waals surface area (Å²) in [7, 11) is 1.20. The summed E-state index contributed by atoms with van der Waals surface area (Å²) < 4.78 is 18.3. The van der Waals surface area contributed by atoms with Crippen LogP contribution in [0.2, 0.25) is 0 Å². The van der Waals surface area contributed by atoms with Crippen LogP contribution in [0, 0.1) is 5.82 Å². The van der Waals surface area contributed by atoms with Gasteiger partial charge in [0.05, 0.1) is 31.5 Å². The van der Waals surface area contributed by atoms with Gasteiger partial charge in [0, 0.05) is 6.54 Å². The third-order valence-corrected chi connectivity index (χ3v) is 3.09. The van der Waals surface area contributed by atoms with Crippen molar-refractivity contribution >= 4 is 17.6 Å². The Labute approximate surface area is 120 Å². The van der Waals surface area contributed by atoms with Gasteiger partial charge < -0.3 is 20.1 Å². The summed E-state index contributed by atoms with van der Waals surface area (Å²) in [6, 6.07) is 5.82. The second-order valence-corrected chi connectivity index (χ2v) is 4.40. The standard InChI is InChI=1S/C14H15FN2O4/c1-21-14(20)9-8-17(6-7-18)13(19)12(9)16-11-5-3-2-4-10(11)15/h2-5,16,18H,6-8H2,1H3. The van der Waals surface area contributed by atoms with Crippen LogP contribution in [0.25, 0.3) is 0 Å². The lowest BCUT2D eigenvalue weighted by molar-refractivity contribution is -0.136. The van der Waals surface area contributed by atoms with Crippen molar-refractivity contribution in [2.45, 2.75) is 0 Å². The molecule has 1 heterocycles. The fourth-order valence-corrected chi connectivity index (χ4v) is 2.05. The Morgan fingerprint density at radius 1 is 1.48 bits per heavy atom. The normalized spacial score (nSPS) is 14.6. The minimum absolute atomic E-state index is 0.0167. The Kier molecular flexibility index (Phi) is 4.54. The third kappa shape index (κ3) is 3.03. The number of methoxy groups -OCH3 is 1. The number of nitrogens with one attached hydrogen (secondary N) is 1. The zero-order valence-corrected chi connectivity index (χ0v) is 11.4. The first-order valence-electron chi connectivity index (χ1n) is 6.31. The van der Waals surface area contributed by atoms with Crippen molar-refractivity contribution < 1.29 is 23.8 Å². The number of hydrogen-bond acceptors (Lipinski definition) is 5. The van der Waals surface area contributed by atoms with Crippen LogP contribution >= 0.6 is 0 Å². The van der Waals surface area contributed by atoms with Gasteiger partial charge in [0.15, 0.2) is 0 Å². The molecule has 0 unspecified atom stereocenters. The molecule has 1 aliphatic heterocycles. The highest BCUT2D eigenvalue weighted by molar-refractivity contribution is 6.08. The zero-order valence-electron chi connectivity index (χ0n) is 11.4. The average molecular weight is 294 g/mol. The van der Waals surface area contributed by atoms with E-state index in [0.29, 0.717) is 0 Å². The number of rotatable bonds is 5. The molecule has 1 aliphatic rings. The lowest BCUT2D eigenvalue weighted by Crippen LogP contribution is -2.31. The summed E-state index contributed by atoms with van der Waals surface area (Å²) in [5, 5.41) is 11.6. The quantitative estimate of drug-likeness (QED) is 0.773. The molecule has 1 aromatic carbocycles. The first-order valence-corrected chi connectivity index (χ1v) is 6.31. The molecule has 0 bridgehead atoms. The lowest BCUT2D eigenvalue weighted by Gasteiger charge is -2.15. The van der Waals surface area contributed by atoms with Crippen LogP contribution in [0.1, 0.15) is 0 Å². The highest BCUT2D eigenvalue weighted by Crippen LogP contribution is 2.23. The number of aliphatic hydroxyl groups is 1. The van der Waals surface area contributed by atoms with Gasteiger partial charge >= 0.3 is 5.97 Å². The summed E-state index contributed by atoms with van der Waals surface area (Å²) >= 11 is 0. The monoisotopic (exact) mass is 294 g/mol. The number of benzene rings is 1. The largest absolute Gasteiger partial charge is 0.466 e. The number of carbonyl (C=O) groups excluding carboxylic acids is 2. The molecular formula is C14H15FN2O4. The van der Waals surface area contributed by atoms with E-state index in [9.17, 15) is 14.0 Å². The van der Waals surface area contributed by atoms with Gasteiger partial charge in [-0.3, -0.25) is 4.79 Å². The van der Waals surface area contributed by atoms with Crippen molar-refractivity contribution in [2.75, 3.05) is 32.1 Å².